The number of thioether (sulfide) groups is 1. The number of carbonyl (C=O) groups excluding carboxylic acids is 2. The van der Waals surface area contributed by atoms with Crippen LogP contribution in [0.25, 0.3) is 20.3 Å². The number of rotatable bonds is 13. The molecule has 0 saturated carbocycles. The summed E-state index contributed by atoms with van der Waals surface area (Å²) in [5, 5.41) is 15.6. The molecule has 0 aliphatic carbocycles. The number of hydrogen-bond donors (Lipinski definition) is 3. The monoisotopic (exact) mass is 492 g/mol. The van der Waals surface area contributed by atoms with E-state index in [1.165, 1.54) is 23.1 Å². The van der Waals surface area contributed by atoms with E-state index >= 15 is 0 Å². The van der Waals surface area contributed by atoms with Gasteiger partial charge in [-0.3, -0.25) is 19.0 Å². The number of amides is 2. The second-order valence-electron chi connectivity index (χ2n) is 7.29. The van der Waals surface area contributed by atoms with Crippen molar-refractivity contribution in [1.82, 2.24) is 20.2 Å². The Morgan fingerprint density at radius 1 is 1.18 bits per heavy atom. The van der Waals surface area contributed by atoms with E-state index in [1.54, 1.807) is 11.7 Å². The van der Waals surface area contributed by atoms with E-state index in [2.05, 4.69) is 10.6 Å². The average Bonchev–Trinajstić information content (AvgIpc) is 3.19. The topological polar surface area (TPSA) is 123 Å². The van der Waals surface area contributed by atoms with Gasteiger partial charge in [0.25, 0.3) is 5.56 Å². The number of fused-ring (bicyclic) bond motifs is 3. The summed E-state index contributed by atoms with van der Waals surface area (Å²) in [5.74, 6) is -0.197. The maximum atomic E-state index is 13.3. The van der Waals surface area contributed by atoms with Gasteiger partial charge in [-0.15, -0.1) is 11.3 Å². The molecule has 11 heteroatoms. The van der Waals surface area contributed by atoms with Crippen LogP contribution in [0.3, 0.4) is 0 Å². The Bertz CT molecular complexity index is 1160. The van der Waals surface area contributed by atoms with Gasteiger partial charge in [-0.2, -0.15) is 0 Å². The highest BCUT2D eigenvalue weighted by molar-refractivity contribution is 7.99. The van der Waals surface area contributed by atoms with Crippen LogP contribution in [-0.4, -0.2) is 65.6 Å². The third-order valence-electron chi connectivity index (χ3n) is 4.85. The predicted molar refractivity (Wildman–Crippen MR) is 131 cm³/mol. The van der Waals surface area contributed by atoms with Gasteiger partial charge in [-0.25, -0.2) is 4.98 Å². The van der Waals surface area contributed by atoms with E-state index in [-0.39, 0.29) is 42.7 Å². The molecule has 9 nitrogen and oxygen atoms in total. The third kappa shape index (κ3) is 6.76. The minimum atomic E-state index is -0.183. The summed E-state index contributed by atoms with van der Waals surface area (Å²) in [6.07, 6.45) is 1.38. The van der Waals surface area contributed by atoms with Crippen LogP contribution < -0.4 is 16.2 Å². The zero-order valence-corrected chi connectivity index (χ0v) is 20.1. The number of carbonyl (C=O) groups is 2. The van der Waals surface area contributed by atoms with Crippen molar-refractivity contribution in [3.8, 4) is 0 Å². The molecule has 0 aliphatic heterocycles. The standard InChI is InChI=1S/C22H28N4O5S2/c1-31-13-5-9-23-18(29)14-32-22-25-19-15-6-2-3-7-16(15)33-20(19)21(30)26(22)11-4-8-17(28)24-10-12-27/h2-3,6-7,27H,4-5,8-14H2,1H3,(H,23,29)(H,24,28). The molecule has 178 valence electrons. The second kappa shape index (κ2) is 12.7. The number of hydrogen-bond acceptors (Lipinski definition) is 8. The van der Waals surface area contributed by atoms with Crippen molar-refractivity contribution in [2.24, 2.45) is 0 Å². The number of thiophene rings is 1. The summed E-state index contributed by atoms with van der Waals surface area (Å²) in [6.45, 7) is 1.48. The summed E-state index contributed by atoms with van der Waals surface area (Å²) in [5.41, 5.74) is 0.473. The van der Waals surface area contributed by atoms with Gasteiger partial charge in [0.15, 0.2) is 5.16 Å². The van der Waals surface area contributed by atoms with Crippen LogP contribution in [0.4, 0.5) is 0 Å². The summed E-state index contributed by atoms with van der Waals surface area (Å²) >= 11 is 2.61. The van der Waals surface area contributed by atoms with Crippen molar-refractivity contribution >= 4 is 55.2 Å². The molecule has 0 atom stereocenters. The van der Waals surface area contributed by atoms with Crippen LogP contribution in [0.1, 0.15) is 19.3 Å². The van der Waals surface area contributed by atoms with Crippen LogP contribution in [0.15, 0.2) is 34.2 Å². The fourth-order valence-electron chi connectivity index (χ4n) is 3.27. The number of nitrogens with zero attached hydrogens (tertiary/aromatic N) is 2. The van der Waals surface area contributed by atoms with Crippen LogP contribution >= 0.6 is 23.1 Å². The first-order valence-corrected chi connectivity index (χ1v) is 12.5. The number of aromatic nitrogens is 2. The molecule has 3 N–H and O–H groups in total. The fourth-order valence-corrected chi connectivity index (χ4v) is 5.21. The van der Waals surface area contributed by atoms with Crippen molar-refractivity contribution in [3.63, 3.8) is 0 Å². The van der Waals surface area contributed by atoms with Gasteiger partial charge in [-0.05, 0) is 18.9 Å². The Morgan fingerprint density at radius 3 is 2.76 bits per heavy atom. The van der Waals surface area contributed by atoms with E-state index in [0.717, 1.165) is 16.5 Å². The predicted octanol–water partition coefficient (Wildman–Crippen LogP) is 1.74. The Morgan fingerprint density at radius 2 is 1.97 bits per heavy atom. The lowest BCUT2D eigenvalue weighted by molar-refractivity contribution is -0.121. The maximum Gasteiger partial charge on any atom is 0.272 e. The highest BCUT2D eigenvalue weighted by atomic mass is 32.2. The molecule has 2 aromatic heterocycles. The fraction of sp³-hybridized carbons (Fsp3) is 0.455. The second-order valence-corrected chi connectivity index (χ2v) is 9.28. The van der Waals surface area contributed by atoms with Crippen LogP contribution in [-0.2, 0) is 20.9 Å². The normalized spacial score (nSPS) is 11.2. The minimum Gasteiger partial charge on any atom is -0.395 e. The van der Waals surface area contributed by atoms with E-state index in [4.69, 9.17) is 14.8 Å². The Kier molecular flexibility index (Phi) is 9.67. The number of aliphatic hydroxyl groups is 1. The first-order chi connectivity index (χ1) is 16.0. The van der Waals surface area contributed by atoms with Gasteiger partial charge in [0.2, 0.25) is 11.8 Å². The van der Waals surface area contributed by atoms with Gasteiger partial charge >= 0.3 is 0 Å². The van der Waals surface area contributed by atoms with Gasteiger partial charge < -0.3 is 20.5 Å². The lowest BCUT2D eigenvalue weighted by Gasteiger charge is -2.12. The van der Waals surface area contributed by atoms with E-state index in [1.807, 2.05) is 24.3 Å². The Balaban J connectivity index is 1.81. The highest BCUT2D eigenvalue weighted by Crippen LogP contribution is 2.31. The van der Waals surface area contributed by atoms with Gasteiger partial charge in [0, 0.05) is 49.9 Å². The quantitative estimate of drug-likeness (QED) is 0.189. The van der Waals surface area contributed by atoms with Crippen molar-refractivity contribution < 1.29 is 19.4 Å². The molecule has 0 fully saturated rings. The van der Waals surface area contributed by atoms with E-state index in [0.29, 0.717) is 41.5 Å². The molecule has 0 bridgehead atoms. The summed E-state index contributed by atoms with van der Waals surface area (Å²) in [4.78, 5) is 42.2. The molecule has 2 heterocycles. The molecule has 0 aliphatic rings. The minimum absolute atomic E-state index is 0.119. The Hall–Kier alpha value is -2.47. The van der Waals surface area contributed by atoms with Crippen LogP contribution in [0.2, 0.25) is 0 Å². The molecule has 0 spiro atoms. The lowest BCUT2D eigenvalue weighted by atomic mass is 10.2. The van der Waals surface area contributed by atoms with Crippen LogP contribution in [0, 0.1) is 0 Å². The molecule has 3 aromatic rings. The van der Waals surface area contributed by atoms with Crippen molar-refractivity contribution in [1.29, 1.82) is 0 Å². The van der Waals surface area contributed by atoms with Crippen molar-refractivity contribution in [3.05, 3.63) is 34.6 Å². The molecule has 0 unspecified atom stereocenters. The number of aliphatic hydroxyl groups excluding tert-OH is 1. The number of ether oxygens (including phenoxy) is 1. The zero-order chi connectivity index (χ0) is 23.6. The highest BCUT2D eigenvalue weighted by Gasteiger charge is 2.17. The van der Waals surface area contributed by atoms with Gasteiger partial charge in [0.05, 0.1) is 17.9 Å². The maximum absolute atomic E-state index is 13.3. The van der Waals surface area contributed by atoms with Gasteiger partial charge in [0.1, 0.15) is 4.70 Å². The molecular weight excluding hydrogens is 464 g/mol. The first-order valence-electron chi connectivity index (χ1n) is 10.7. The third-order valence-corrected chi connectivity index (χ3v) is 6.97. The van der Waals surface area contributed by atoms with E-state index in [9.17, 15) is 14.4 Å². The van der Waals surface area contributed by atoms with E-state index < -0.39 is 0 Å². The summed E-state index contributed by atoms with van der Waals surface area (Å²) < 4.78 is 8.08. The molecule has 0 saturated heterocycles. The largest absolute Gasteiger partial charge is 0.395 e. The van der Waals surface area contributed by atoms with Gasteiger partial charge in [-0.1, -0.05) is 30.0 Å². The lowest BCUT2D eigenvalue weighted by Crippen LogP contribution is -2.29. The Labute approximate surface area is 199 Å². The number of nitrogens with one attached hydrogen (secondary N) is 2. The zero-order valence-electron chi connectivity index (χ0n) is 18.5. The summed E-state index contributed by atoms with van der Waals surface area (Å²) in [7, 11) is 1.61. The average molecular weight is 493 g/mol. The first kappa shape index (κ1) is 25.2. The molecule has 1 aromatic carbocycles. The molecular formula is C22H28N4O5S2. The molecule has 3 rings (SSSR count). The van der Waals surface area contributed by atoms with Crippen molar-refractivity contribution in [2.45, 2.75) is 31.0 Å². The number of benzene rings is 1. The SMILES string of the molecule is COCCCNC(=O)CSc1nc2c(sc3ccccc32)c(=O)n1CCCC(=O)NCCO. The molecule has 33 heavy (non-hydrogen) atoms. The number of methoxy groups -OCH3 is 1. The smallest absolute Gasteiger partial charge is 0.272 e. The molecule has 2 amide bonds. The van der Waals surface area contributed by atoms with Crippen LogP contribution in [0.5, 0.6) is 0 Å². The molecule has 0 radical (unpaired) electrons. The van der Waals surface area contributed by atoms with Crippen molar-refractivity contribution in [2.75, 3.05) is 39.2 Å². The summed E-state index contributed by atoms with van der Waals surface area (Å²) in [6, 6.07) is 7.72.